The quantitative estimate of drug-likeness (QED) is 0.901. The van der Waals surface area contributed by atoms with Gasteiger partial charge in [0.1, 0.15) is 5.69 Å². The molecule has 114 valence electrons. The van der Waals surface area contributed by atoms with Crippen LogP contribution in [0, 0.1) is 0 Å². The van der Waals surface area contributed by atoms with E-state index < -0.39 is 0 Å². The van der Waals surface area contributed by atoms with Gasteiger partial charge in [0.15, 0.2) is 0 Å². The minimum absolute atomic E-state index is 0.0286. The van der Waals surface area contributed by atoms with Gasteiger partial charge in [0, 0.05) is 38.1 Å². The molecule has 2 aliphatic rings. The van der Waals surface area contributed by atoms with Crippen molar-refractivity contribution in [2.75, 3.05) is 44.8 Å². The maximum Gasteiger partial charge on any atom is 0.272 e. The van der Waals surface area contributed by atoms with E-state index in [1.165, 1.54) is 0 Å². The van der Waals surface area contributed by atoms with Crippen LogP contribution in [-0.2, 0) is 9.47 Å². The summed E-state index contributed by atoms with van der Waals surface area (Å²) in [5.74, 6) is -0.0286. The Morgan fingerprint density at radius 3 is 3.00 bits per heavy atom. The molecular weight excluding hydrogens is 270 g/mol. The maximum atomic E-state index is 12.4. The molecule has 6 nitrogen and oxygen atoms in total. The van der Waals surface area contributed by atoms with Crippen molar-refractivity contribution in [1.29, 1.82) is 0 Å². The first-order chi connectivity index (χ1) is 10.3. The van der Waals surface area contributed by atoms with Crippen molar-refractivity contribution in [1.82, 2.24) is 9.88 Å². The third-order valence-corrected chi connectivity index (χ3v) is 3.84. The summed E-state index contributed by atoms with van der Waals surface area (Å²) in [6, 6.07) is 3.69. The van der Waals surface area contributed by atoms with Gasteiger partial charge in [-0.15, -0.1) is 0 Å². The minimum atomic E-state index is -0.0286. The lowest BCUT2D eigenvalue weighted by Crippen LogP contribution is -2.41. The van der Waals surface area contributed by atoms with Crippen molar-refractivity contribution in [3.8, 4) is 0 Å². The van der Waals surface area contributed by atoms with Gasteiger partial charge in [-0.2, -0.15) is 0 Å². The molecule has 0 saturated carbocycles. The predicted molar refractivity (Wildman–Crippen MR) is 78.4 cm³/mol. The van der Waals surface area contributed by atoms with E-state index in [9.17, 15) is 4.79 Å². The van der Waals surface area contributed by atoms with E-state index in [4.69, 9.17) is 9.47 Å². The number of carbonyl (C=O) groups is 1. The zero-order valence-electron chi connectivity index (χ0n) is 12.1. The number of pyridine rings is 1. The summed E-state index contributed by atoms with van der Waals surface area (Å²) in [5, 5.41) is 3.32. The van der Waals surface area contributed by atoms with Crippen LogP contribution in [0.3, 0.4) is 0 Å². The van der Waals surface area contributed by atoms with E-state index in [-0.39, 0.29) is 12.0 Å². The molecule has 1 unspecified atom stereocenters. The fourth-order valence-electron chi connectivity index (χ4n) is 2.62. The number of ether oxygens (including phenoxy) is 2. The number of nitrogens with zero attached hydrogens (tertiary/aromatic N) is 2. The average Bonchev–Trinajstić information content (AvgIpc) is 3.07. The van der Waals surface area contributed by atoms with Crippen molar-refractivity contribution in [2.45, 2.75) is 18.9 Å². The summed E-state index contributed by atoms with van der Waals surface area (Å²) >= 11 is 0. The fourth-order valence-corrected chi connectivity index (χ4v) is 2.62. The maximum absolute atomic E-state index is 12.4. The molecule has 3 heterocycles. The third kappa shape index (κ3) is 3.71. The van der Waals surface area contributed by atoms with Crippen LogP contribution >= 0.6 is 0 Å². The molecule has 2 aliphatic heterocycles. The third-order valence-electron chi connectivity index (χ3n) is 3.84. The summed E-state index contributed by atoms with van der Waals surface area (Å²) < 4.78 is 10.8. The van der Waals surface area contributed by atoms with E-state index in [1.807, 2.05) is 12.1 Å². The smallest absolute Gasteiger partial charge is 0.272 e. The molecule has 21 heavy (non-hydrogen) atoms. The molecule has 0 radical (unpaired) electrons. The van der Waals surface area contributed by atoms with Crippen molar-refractivity contribution >= 4 is 11.6 Å². The fraction of sp³-hybridized carbons (Fsp3) is 0.600. The van der Waals surface area contributed by atoms with Gasteiger partial charge < -0.3 is 19.7 Å². The molecule has 1 aromatic heterocycles. The number of morpholine rings is 1. The van der Waals surface area contributed by atoms with E-state index in [0.29, 0.717) is 32.0 Å². The molecule has 1 N–H and O–H groups in total. The number of anilines is 1. The molecule has 2 fully saturated rings. The Bertz CT molecular complexity index is 483. The Labute approximate surface area is 124 Å². The molecule has 1 amide bonds. The van der Waals surface area contributed by atoms with E-state index in [2.05, 4.69) is 10.3 Å². The van der Waals surface area contributed by atoms with Gasteiger partial charge in [-0.05, 0) is 25.0 Å². The molecule has 0 aromatic carbocycles. The Morgan fingerprint density at radius 2 is 2.24 bits per heavy atom. The summed E-state index contributed by atoms with van der Waals surface area (Å²) in [4.78, 5) is 18.3. The highest BCUT2D eigenvalue weighted by Gasteiger charge is 2.20. The number of hydrogen-bond donors (Lipinski definition) is 1. The van der Waals surface area contributed by atoms with Crippen molar-refractivity contribution in [2.24, 2.45) is 0 Å². The van der Waals surface area contributed by atoms with Crippen LogP contribution in [0.25, 0.3) is 0 Å². The summed E-state index contributed by atoms with van der Waals surface area (Å²) in [6.07, 6.45) is 4.17. The van der Waals surface area contributed by atoms with Crippen LogP contribution in [-0.4, -0.2) is 61.3 Å². The number of hydrogen-bond acceptors (Lipinski definition) is 5. The van der Waals surface area contributed by atoms with E-state index in [1.54, 1.807) is 11.1 Å². The largest absolute Gasteiger partial charge is 0.382 e. The summed E-state index contributed by atoms with van der Waals surface area (Å²) in [5.41, 5.74) is 1.39. The SMILES string of the molecule is O=C(c1cc(NCC2CCCO2)ccn1)N1CCOCC1. The van der Waals surface area contributed by atoms with Crippen LogP contribution < -0.4 is 5.32 Å². The monoisotopic (exact) mass is 291 g/mol. The minimum Gasteiger partial charge on any atom is -0.382 e. The lowest BCUT2D eigenvalue weighted by Gasteiger charge is -2.26. The van der Waals surface area contributed by atoms with Gasteiger partial charge in [-0.25, -0.2) is 0 Å². The summed E-state index contributed by atoms with van der Waals surface area (Å²) in [7, 11) is 0. The molecule has 6 heteroatoms. The standard InChI is InChI=1S/C15H21N3O3/c19-15(18-5-8-20-9-6-18)14-10-12(3-4-16-14)17-11-13-2-1-7-21-13/h3-4,10,13H,1-2,5-9,11H2,(H,16,17). The second kappa shape index (κ2) is 6.87. The zero-order chi connectivity index (χ0) is 14.5. The normalized spacial score (nSPS) is 22.3. The van der Waals surface area contributed by atoms with Gasteiger partial charge in [-0.3, -0.25) is 9.78 Å². The molecule has 0 bridgehead atoms. The molecule has 0 spiro atoms. The second-order valence-corrected chi connectivity index (χ2v) is 5.35. The Hall–Kier alpha value is -1.66. The molecule has 0 aliphatic carbocycles. The lowest BCUT2D eigenvalue weighted by atomic mass is 10.2. The number of aromatic nitrogens is 1. The molecule has 3 rings (SSSR count). The van der Waals surface area contributed by atoms with Crippen molar-refractivity contribution in [3.63, 3.8) is 0 Å². The highest BCUT2D eigenvalue weighted by Crippen LogP contribution is 2.15. The highest BCUT2D eigenvalue weighted by molar-refractivity contribution is 5.93. The van der Waals surface area contributed by atoms with Gasteiger partial charge in [-0.1, -0.05) is 0 Å². The highest BCUT2D eigenvalue weighted by atomic mass is 16.5. The van der Waals surface area contributed by atoms with Crippen molar-refractivity contribution < 1.29 is 14.3 Å². The lowest BCUT2D eigenvalue weighted by molar-refractivity contribution is 0.0299. The second-order valence-electron chi connectivity index (χ2n) is 5.35. The number of nitrogens with one attached hydrogen (secondary N) is 1. The zero-order valence-corrected chi connectivity index (χ0v) is 12.1. The van der Waals surface area contributed by atoms with Crippen LogP contribution in [0.1, 0.15) is 23.3 Å². The predicted octanol–water partition coefficient (Wildman–Crippen LogP) is 1.14. The number of carbonyl (C=O) groups excluding carboxylic acids is 1. The number of amides is 1. The Kier molecular flexibility index (Phi) is 4.67. The first-order valence-electron chi connectivity index (χ1n) is 7.51. The topological polar surface area (TPSA) is 63.7 Å². The summed E-state index contributed by atoms with van der Waals surface area (Å²) in [6.45, 7) is 4.09. The average molecular weight is 291 g/mol. The van der Waals surface area contributed by atoms with Gasteiger partial charge in [0.05, 0.1) is 19.3 Å². The van der Waals surface area contributed by atoms with E-state index in [0.717, 1.165) is 31.7 Å². The Morgan fingerprint density at radius 1 is 1.38 bits per heavy atom. The first-order valence-corrected chi connectivity index (χ1v) is 7.51. The van der Waals surface area contributed by atoms with Crippen molar-refractivity contribution in [3.05, 3.63) is 24.0 Å². The van der Waals surface area contributed by atoms with Crippen LogP contribution in [0.15, 0.2) is 18.3 Å². The van der Waals surface area contributed by atoms with Gasteiger partial charge in [0.2, 0.25) is 0 Å². The van der Waals surface area contributed by atoms with Crippen LogP contribution in [0.4, 0.5) is 5.69 Å². The molecular formula is C15H21N3O3. The molecule has 1 aromatic rings. The van der Waals surface area contributed by atoms with Gasteiger partial charge >= 0.3 is 0 Å². The molecule has 2 saturated heterocycles. The molecule has 1 atom stereocenters. The van der Waals surface area contributed by atoms with Crippen LogP contribution in [0.2, 0.25) is 0 Å². The van der Waals surface area contributed by atoms with Gasteiger partial charge in [0.25, 0.3) is 5.91 Å². The number of rotatable bonds is 4. The van der Waals surface area contributed by atoms with Crippen LogP contribution in [0.5, 0.6) is 0 Å². The first kappa shape index (κ1) is 14.3. The Balaban J connectivity index is 1.60. The van der Waals surface area contributed by atoms with E-state index >= 15 is 0 Å².